The molecule has 1 aliphatic heterocycles. The van der Waals surface area contributed by atoms with Gasteiger partial charge in [-0.1, -0.05) is 26.2 Å². The predicted octanol–water partition coefficient (Wildman–Crippen LogP) is 3.11. The average molecular weight is 225 g/mol. The molecule has 2 nitrogen and oxygen atoms in total. The first-order valence-corrected chi connectivity index (χ1v) is 7.12. The summed E-state index contributed by atoms with van der Waals surface area (Å²) in [7, 11) is 0. The molecule has 1 heterocycles. The zero-order valence-electron chi connectivity index (χ0n) is 10.9. The Hall–Kier alpha value is -0.0800. The number of rotatable bonds is 6. The SMILES string of the molecule is CCCNC(CC1CCC1)C1(C)CCCO1. The average Bonchev–Trinajstić information content (AvgIpc) is 2.63. The molecule has 1 saturated carbocycles. The van der Waals surface area contributed by atoms with Gasteiger partial charge in [-0.05, 0) is 45.1 Å². The van der Waals surface area contributed by atoms with E-state index in [0.29, 0.717) is 6.04 Å². The lowest BCUT2D eigenvalue weighted by atomic mass is 9.77. The Kier molecular flexibility index (Phi) is 4.26. The number of hydrogen-bond acceptors (Lipinski definition) is 2. The maximum Gasteiger partial charge on any atom is 0.0807 e. The van der Waals surface area contributed by atoms with Crippen LogP contribution in [0.25, 0.3) is 0 Å². The van der Waals surface area contributed by atoms with Crippen molar-refractivity contribution in [2.75, 3.05) is 13.2 Å². The summed E-state index contributed by atoms with van der Waals surface area (Å²) in [6, 6.07) is 0.584. The molecule has 2 heteroatoms. The lowest BCUT2D eigenvalue weighted by Gasteiger charge is -2.38. The molecule has 2 aliphatic rings. The molecule has 0 aromatic carbocycles. The molecule has 1 N–H and O–H groups in total. The molecule has 2 atom stereocenters. The third kappa shape index (κ3) is 2.78. The lowest BCUT2D eigenvalue weighted by Crippen LogP contribution is -2.50. The van der Waals surface area contributed by atoms with Crippen molar-refractivity contribution in [2.24, 2.45) is 5.92 Å². The van der Waals surface area contributed by atoms with E-state index in [1.54, 1.807) is 0 Å². The second-order valence-electron chi connectivity index (χ2n) is 5.80. The Balaban J connectivity index is 1.89. The van der Waals surface area contributed by atoms with Crippen LogP contribution in [-0.2, 0) is 4.74 Å². The lowest BCUT2D eigenvalue weighted by molar-refractivity contribution is -0.0213. The van der Waals surface area contributed by atoms with Gasteiger partial charge in [-0.15, -0.1) is 0 Å². The van der Waals surface area contributed by atoms with E-state index in [1.807, 2.05) is 0 Å². The second kappa shape index (κ2) is 5.50. The highest BCUT2D eigenvalue weighted by atomic mass is 16.5. The van der Waals surface area contributed by atoms with E-state index >= 15 is 0 Å². The number of nitrogens with one attached hydrogen (secondary N) is 1. The summed E-state index contributed by atoms with van der Waals surface area (Å²) in [5, 5.41) is 3.73. The first-order valence-electron chi connectivity index (χ1n) is 7.12. The molecule has 0 aromatic heterocycles. The molecule has 0 bridgehead atoms. The van der Waals surface area contributed by atoms with Crippen molar-refractivity contribution in [3.63, 3.8) is 0 Å². The minimum Gasteiger partial charge on any atom is -0.374 e. The van der Waals surface area contributed by atoms with Crippen molar-refractivity contribution in [3.8, 4) is 0 Å². The van der Waals surface area contributed by atoms with Gasteiger partial charge in [0.2, 0.25) is 0 Å². The van der Waals surface area contributed by atoms with E-state index in [-0.39, 0.29) is 5.60 Å². The summed E-state index contributed by atoms with van der Waals surface area (Å²) < 4.78 is 6.01. The molecule has 0 aromatic rings. The molecule has 16 heavy (non-hydrogen) atoms. The smallest absolute Gasteiger partial charge is 0.0807 e. The van der Waals surface area contributed by atoms with Crippen LogP contribution in [0.1, 0.15) is 58.8 Å². The van der Waals surface area contributed by atoms with Gasteiger partial charge >= 0.3 is 0 Å². The van der Waals surface area contributed by atoms with Crippen LogP contribution in [0.3, 0.4) is 0 Å². The minimum atomic E-state index is 0.116. The van der Waals surface area contributed by atoms with Crippen molar-refractivity contribution in [1.29, 1.82) is 0 Å². The van der Waals surface area contributed by atoms with Crippen LogP contribution in [0.4, 0.5) is 0 Å². The maximum absolute atomic E-state index is 6.01. The first kappa shape index (κ1) is 12.4. The summed E-state index contributed by atoms with van der Waals surface area (Å²) >= 11 is 0. The van der Waals surface area contributed by atoms with Crippen molar-refractivity contribution in [2.45, 2.75) is 70.4 Å². The van der Waals surface area contributed by atoms with Gasteiger partial charge in [-0.3, -0.25) is 0 Å². The molecule has 2 rings (SSSR count). The zero-order chi connectivity index (χ0) is 11.4. The van der Waals surface area contributed by atoms with Crippen LogP contribution >= 0.6 is 0 Å². The van der Waals surface area contributed by atoms with Crippen LogP contribution in [0.5, 0.6) is 0 Å². The Morgan fingerprint density at radius 3 is 2.69 bits per heavy atom. The minimum absolute atomic E-state index is 0.116. The van der Waals surface area contributed by atoms with Gasteiger partial charge in [0.1, 0.15) is 0 Å². The topological polar surface area (TPSA) is 21.3 Å². The van der Waals surface area contributed by atoms with E-state index in [2.05, 4.69) is 19.2 Å². The molecule has 1 aliphatic carbocycles. The van der Waals surface area contributed by atoms with Gasteiger partial charge in [-0.25, -0.2) is 0 Å². The van der Waals surface area contributed by atoms with Crippen molar-refractivity contribution < 1.29 is 4.74 Å². The number of ether oxygens (including phenoxy) is 1. The van der Waals surface area contributed by atoms with Crippen LogP contribution in [-0.4, -0.2) is 24.8 Å². The molecular weight excluding hydrogens is 198 g/mol. The van der Waals surface area contributed by atoms with Gasteiger partial charge in [0.25, 0.3) is 0 Å². The molecule has 1 saturated heterocycles. The highest BCUT2D eigenvalue weighted by Crippen LogP contribution is 2.37. The highest BCUT2D eigenvalue weighted by molar-refractivity contribution is 4.94. The quantitative estimate of drug-likeness (QED) is 0.750. The van der Waals surface area contributed by atoms with Crippen LogP contribution in [0.2, 0.25) is 0 Å². The molecule has 94 valence electrons. The van der Waals surface area contributed by atoms with E-state index in [1.165, 1.54) is 44.9 Å². The third-order valence-corrected chi connectivity index (χ3v) is 4.42. The van der Waals surface area contributed by atoms with Gasteiger partial charge in [0.05, 0.1) is 5.60 Å². The largest absolute Gasteiger partial charge is 0.374 e. The van der Waals surface area contributed by atoms with Gasteiger partial charge in [-0.2, -0.15) is 0 Å². The predicted molar refractivity (Wildman–Crippen MR) is 67.6 cm³/mol. The Bertz CT molecular complexity index is 207. The Morgan fingerprint density at radius 2 is 2.19 bits per heavy atom. The van der Waals surface area contributed by atoms with Gasteiger partial charge in [0.15, 0.2) is 0 Å². The standard InChI is InChI=1S/C14H27NO/c1-3-9-15-13(11-12-6-4-7-12)14(2)8-5-10-16-14/h12-13,15H,3-11H2,1-2H3. The maximum atomic E-state index is 6.01. The van der Waals surface area contributed by atoms with Crippen molar-refractivity contribution >= 4 is 0 Å². The van der Waals surface area contributed by atoms with Crippen molar-refractivity contribution in [1.82, 2.24) is 5.32 Å². The van der Waals surface area contributed by atoms with Crippen LogP contribution in [0, 0.1) is 5.92 Å². The second-order valence-corrected chi connectivity index (χ2v) is 5.80. The Morgan fingerprint density at radius 1 is 1.38 bits per heavy atom. The fourth-order valence-electron chi connectivity index (χ4n) is 3.00. The van der Waals surface area contributed by atoms with Gasteiger partial charge < -0.3 is 10.1 Å². The molecule has 0 radical (unpaired) electrons. The monoisotopic (exact) mass is 225 g/mol. The summed E-state index contributed by atoms with van der Waals surface area (Å²) in [5.74, 6) is 0.968. The summed E-state index contributed by atoms with van der Waals surface area (Å²) in [6.07, 6.45) is 9.36. The van der Waals surface area contributed by atoms with Gasteiger partial charge in [0, 0.05) is 12.6 Å². The molecule has 0 spiro atoms. The molecular formula is C14H27NO. The highest BCUT2D eigenvalue weighted by Gasteiger charge is 2.39. The number of hydrogen-bond donors (Lipinski definition) is 1. The normalized spacial score (nSPS) is 32.6. The van der Waals surface area contributed by atoms with E-state index in [0.717, 1.165) is 19.1 Å². The summed E-state index contributed by atoms with van der Waals surface area (Å²) in [5.41, 5.74) is 0.116. The zero-order valence-corrected chi connectivity index (χ0v) is 10.9. The van der Waals surface area contributed by atoms with Crippen LogP contribution < -0.4 is 5.32 Å². The fourth-order valence-corrected chi connectivity index (χ4v) is 3.00. The molecule has 2 unspecified atom stereocenters. The molecule has 0 amide bonds. The van der Waals surface area contributed by atoms with E-state index in [9.17, 15) is 0 Å². The first-order chi connectivity index (χ1) is 7.74. The molecule has 2 fully saturated rings. The summed E-state index contributed by atoms with van der Waals surface area (Å²) in [6.45, 7) is 6.65. The van der Waals surface area contributed by atoms with E-state index in [4.69, 9.17) is 4.74 Å². The summed E-state index contributed by atoms with van der Waals surface area (Å²) in [4.78, 5) is 0. The fraction of sp³-hybridized carbons (Fsp3) is 1.00. The van der Waals surface area contributed by atoms with Crippen molar-refractivity contribution in [3.05, 3.63) is 0 Å². The third-order valence-electron chi connectivity index (χ3n) is 4.42. The Labute approximate surface area is 100 Å². The van der Waals surface area contributed by atoms with Crippen LogP contribution in [0.15, 0.2) is 0 Å². The van der Waals surface area contributed by atoms with E-state index < -0.39 is 0 Å².